The van der Waals surface area contributed by atoms with Crippen LogP contribution < -0.4 is 0 Å². The van der Waals surface area contributed by atoms with E-state index in [0.29, 0.717) is 37.2 Å². The van der Waals surface area contributed by atoms with E-state index in [9.17, 15) is 4.79 Å². The number of pyridine rings is 1. The molecule has 0 aromatic carbocycles. The number of aromatic amines is 1. The summed E-state index contributed by atoms with van der Waals surface area (Å²) in [6.45, 7) is 6.85. The van der Waals surface area contributed by atoms with E-state index in [1.54, 1.807) is 0 Å². The SMILES string of the molecule is CC(C)Cc1cnc2[nH]cc(-c3csc(C(=O)N4CCOCC4)n3)c2c1. The number of morpholine rings is 1. The highest BCUT2D eigenvalue weighted by molar-refractivity contribution is 7.12. The van der Waals surface area contributed by atoms with Crippen LogP contribution in [0.25, 0.3) is 22.3 Å². The minimum atomic E-state index is -0.0111. The minimum absolute atomic E-state index is 0.0111. The lowest BCUT2D eigenvalue weighted by molar-refractivity contribution is 0.0303. The standard InChI is InChI=1S/C19H22N4O2S/c1-12(2)7-13-8-14-15(10-21-17(14)20-9-13)16-11-26-18(22-16)19(24)23-3-5-25-6-4-23/h8-12H,3-7H2,1-2H3,(H,20,21). The summed E-state index contributed by atoms with van der Waals surface area (Å²) in [6, 6.07) is 2.18. The third kappa shape index (κ3) is 3.37. The number of hydrogen-bond acceptors (Lipinski definition) is 5. The van der Waals surface area contributed by atoms with E-state index in [2.05, 4.69) is 34.9 Å². The van der Waals surface area contributed by atoms with Gasteiger partial charge in [-0.3, -0.25) is 4.79 Å². The van der Waals surface area contributed by atoms with Crippen LogP contribution in [-0.4, -0.2) is 52.1 Å². The zero-order valence-corrected chi connectivity index (χ0v) is 15.8. The number of nitrogens with zero attached hydrogens (tertiary/aromatic N) is 3. The fourth-order valence-electron chi connectivity index (χ4n) is 3.24. The number of H-pyrrole nitrogens is 1. The number of ether oxygens (including phenoxy) is 1. The van der Waals surface area contributed by atoms with Crippen molar-refractivity contribution in [3.05, 3.63) is 34.4 Å². The molecule has 1 aliphatic rings. The van der Waals surface area contributed by atoms with Crippen LogP contribution in [0.1, 0.15) is 29.2 Å². The van der Waals surface area contributed by atoms with Crippen molar-refractivity contribution >= 4 is 28.3 Å². The van der Waals surface area contributed by atoms with Gasteiger partial charge >= 0.3 is 0 Å². The molecule has 0 atom stereocenters. The Balaban J connectivity index is 1.63. The second-order valence-electron chi connectivity index (χ2n) is 6.98. The van der Waals surface area contributed by atoms with Crippen LogP contribution >= 0.6 is 11.3 Å². The first-order valence-corrected chi connectivity index (χ1v) is 9.78. The van der Waals surface area contributed by atoms with Crippen molar-refractivity contribution < 1.29 is 9.53 Å². The fourth-order valence-corrected chi connectivity index (χ4v) is 4.02. The molecule has 136 valence electrons. The van der Waals surface area contributed by atoms with E-state index in [1.807, 2.05) is 22.7 Å². The Labute approximate surface area is 156 Å². The highest BCUT2D eigenvalue weighted by Crippen LogP contribution is 2.30. The van der Waals surface area contributed by atoms with Gasteiger partial charge in [-0.2, -0.15) is 0 Å². The van der Waals surface area contributed by atoms with Crippen molar-refractivity contribution in [2.45, 2.75) is 20.3 Å². The molecule has 0 unspecified atom stereocenters. The van der Waals surface area contributed by atoms with E-state index in [-0.39, 0.29) is 5.91 Å². The summed E-state index contributed by atoms with van der Waals surface area (Å²) in [6.07, 6.45) is 4.84. The number of carbonyl (C=O) groups is 1. The normalized spacial score (nSPS) is 15.1. The van der Waals surface area contributed by atoms with Gasteiger partial charge in [0.1, 0.15) is 5.65 Å². The Hall–Kier alpha value is -2.25. The molecule has 1 saturated heterocycles. The van der Waals surface area contributed by atoms with Gasteiger partial charge in [0.2, 0.25) is 0 Å². The third-order valence-corrected chi connectivity index (χ3v) is 5.32. The number of nitrogens with one attached hydrogen (secondary N) is 1. The lowest BCUT2D eigenvalue weighted by atomic mass is 10.0. The van der Waals surface area contributed by atoms with E-state index in [4.69, 9.17) is 4.74 Å². The molecule has 0 saturated carbocycles. The van der Waals surface area contributed by atoms with Gasteiger partial charge < -0.3 is 14.6 Å². The molecule has 0 aliphatic carbocycles. The van der Waals surface area contributed by atoms with Gasteiger partial charge in [0, 0.05) is 41.8 Å². The van der Waals surface area contributed by atoms with Gasteiger partial charge in [-0.15, -0.1) is 11.3 Å². The number of rotatable bonds is 4. The lowest BCUT2D eigenvalue weighted by Gasteiger charge is -2.25. The molecule has 1 amide bonds. The monoisotopic (exact) mass is 370 g/mol. The summed E-state index contributed by atoms with van der Waals surface area (Å²) in [5.74, 6) is 0.566. The molecule has 3 aromatic rings. The fraction of sp³-hybridized carbons (Fsp3) is 0.421. The van der Waals surface area contributed by atoms with Gasteiger partial charge in [-0.05, 0) is 24.0 Å². The van der Waals surface area contributed by atoms with Crippen molar-refractivity contribution in [1.82, 2.24) is 19.9 Å². The first-order valence-electron chi connectivity index (χ1n) is 8.90. The van der Waals surface area contributed by atoms with E-state index < -0.39 is 0 Å². The molecule has 4 heterocycles. The van der Waals surface area contributed by atoms with Crippen LogP contribution in [-0.2, 0) is 11.2 Å². The zero-order chi connectivity index (χ0) is 18.1. The summed E-state index contributed by atoms with van der Waals surface area (Å²) in [5, 5.41) is 3.53. The second-order valence-corrected chi connectivity index (χ2v) is 7.84. The van der Waals surface area contributed by atoms with E-state index in [0.717, 1.165) is 28.7 Å². The average Bonchev–Trinajstić information content (AvgIpc) is 3.27. The van der Waals surface area contributed by atoms with Gasteiger partial charge in [-0.1, -0.05) is 13.8 Å². The maximum absolute atomic E-state index is 12.6. The lowest BCUT2D eigenvalue weighted by Crippen LogP contribution is -2.40. The maximum atomic E-state index is 12.6. The molecular weight excluding hydrogens is 348 g/mol. The van der Waals surface area contributed by atoms with Gasteiger partial charge in [0.15, 0.2) is 5.01 Å². The minimum Gasteiger partial charge on any atom is -0.378 e. The van der Waals surface area contributed by atoms with E-state index >= 15 is 0 Å². The second kappa shape index (κ2) is 7.17. The molecule has 26 heavy (non-hydrogen) atoms. The highest BCUT2D eigenvalue weighted by Gasteiger charge is 2.22. The van der Waals surface area contributed by atoms with Gasteiger partial charge in [0.05, 0.1) is 18.9 Å². The van der Waals surface area contributed by atoms with Gasteiger partial charge in [-0.25, -0.2) is 9.97 Å². The first kappa shape index (κ1) is 17.2. The Bertz CT molecular complexity index is 925. The molecule has 1 fully saturated rings. The van der Waals surface area contributed by atoms with Crippen LogP contribution in [0.15, 0.2) is 23.8 Å². The molecule has 0 radical (unpaired) electrons. The van der Waals surface area contributed by atoms with Crippen LogP contribution in [0.5, 0.6) is 0 Å². The molecule has 1 aliphatic heterocycles. The molecule has 7 heteroatoms. The first-order chi connectivity index (χ1) is 12.6. The summed E-state index contributed by atoms with van der Waals surface area (Å²) < 4.78 is 5.31. The number of thiazole rings is 1. The topological polar surface area (TPSA) is 71.1 Å². The predicted octanol–water partition coefficient (Wildman–Crippen LogP) is 3.36. The summed E-state index contributed by atoms with van der Waals surface area (Å²) in [4.78, 5) is 26.8. The highest BCUT2D eigenvalue weighted by atomic mass is 32.1. The number of amides is 1. The van der Waals surface area contributed by atoms with Crippen LogP contribution in [0.2, 0.25) is 0 Å². The Morgan fingerprint density at radius 1 is 1.38 bits per heavy atom. The van der Waals surface area contributed by atoms with Crippen molar-refractivity contribution in [3.63, 3.8) is 0 Å². The van der Waals surface area contributed by atoms with Gasteiger partial charge in [0.25, 0.3) is 5.91 Å². The van der Waals surface area contributed by atoms with Crippen LogP contribution in [0, 0.1) is 5.92 Å². The maximum Gasteiger partial charge on any atom is 0.283 e. The zero-order valence-electron chi connectivity index (χ0n) is 15.0. The van der Waals surface area contributed by atoms with Crippen molar-refractivity contribution in [2.24, 2.45) is 5.92 Å². The molecule has 1 N–H and O–H groups in total. The smallest absolute Gasteiger partial charge is 0.283 e. The van der Waals surface area contributed by atoms with Crippen molar-refractivity contribution in [2.75, 3.05) is 26.3 Å². The number of aromatic nitrogens is 3. The molecule has 0 bridgehead atoms. The summed E-state index contributed by atoms with van der Waals surface area (Å²) in [7, 11) is 0. The van der Waals surface area contributed by atoms with Crippen molar-refractivity contribution in [1.29, 1.82) is 0 Å². The Morgan fingerprint density at radius 2 is 2.19 bits per heavy atom. The average molecular weight is 370 g/mol. The number of hydrogen-bond donors (Lipinski definition) is 1. The van der Waals surface area contributed by atoms with E-state index in [1.165, 1.54) is 16.9 Å². The number of fused-ring (bicyclic) bond motifs is 1. The van der Waals surface area contributed by atoms with Crippen LogP contribution in [0.4, 0.5) is 0 Å². The third-order valence-electron chi connectivity index (χ3n) is 4.49. The van der Waals surface area contributed by atoms with Crippen LogP contribution in [0.3, 0.4) is 0 Å². The number of carbonyl (C=O) groups excluding carboxylic acids is 1. The summed E-state index contributed by atoms with van der Waals surface area (Å²) in [5.41, 5.74) is 3.88. The Kier molecular flexibility index (Phi) is 4.74. The molecule has 0 spiro atoms. The molecule has 6 nitrogen and oxygen atoms in total. The summed E-state index contributed by atoms with van der Waals surface area (Å²) >= 11 is 1.40. The molecule has 3 aromatic heterocycles. The predicted molar refractivity (Wildman–Crippen MR) is 102 cm³/mol. The quantitative estimate of drug-likeness (QED) is 0.764. The van der Waals surface area contributed by atoms with Crippen molar-refractivity contribution in [3.8, 4) is 11.3 Å². The largest absolute Gasteiger partial charge is 0.378 e. The molecule has 4 rings (SSSR count). The Morgan fingerprint density at radius 3 is 2.96 bits per heavy atom. The molecular formula is C19H22N4O2S.